The Kier molecular flexibility index (Phi) is 3.15. The maximum absolute atomic E-state index is 4.31. The quantitative estimate of drug-likeness (QED) is 0.615. The summed E-state index contributed by atoms with van der Waals surface area (Å²) < 4.78 is 0. The minimum absolute atomic E-state index is 1.00. The van der Waals surface area contributed by atoms with E-state index in [-0.39, 0.29) is 0 Å². The molecule has 0 unspecified atom stereocenters. The van der Waals surface area contributed by atoms with Gasteiger partial charge in [-0.2, -0.15) is 16.4 Å². The molecule has 0 atom stereocenters. The van der Waals surface area contributed by atoms with Gasteiger partial charge in [-0.1, -0.05) is 18.2 Å². The molecular weight excluding hydrogens is 204 g/mol. The van der Waals surface area contributed by atoms with Crippen molar-refractivity contribution >= 4 is 22.7 Å². The smallest absolute Gasteiger partial charge is 0.0656 e. The fourth-order valence-corrected chi connectivity index (χ4v) is 1.90. The predicted molar refractivity (Wildman–Crippen MR) is 66.6 cm³/mol. The summed E-state index contributed by atoms with van der Waals surface area (Å²) in [4.78, 5) is 0. The first kappa shape index (κ1) is 9.93. The maximum Gasteiger partial charge on any atom is 0.0656 e. The van der Waals surface area contributed by atoms with Gasteiger partial charge < -0.3 is 0 Å². The molecule has 2 rings (SSSR count). The highest BCUT2D eigenvalue weighted by atomic mass is 32.1. The molecule has 15 heavy (non-hydrogen) atoms. The molecule has 1 aromatic carbocycles. The van der Waals surface area contributed by atoms with E-state index >= 15 is 0 Å². The normalized spacial score (nSPS) is 11.4. The highest BCUT2D eigenvalue weighted by molar-refractivity contribution is 7.08. The summed E-state index contributed by atoms with van der Waals surface area (Å²) in [5, 5.41) is 8.45. The number of nitrogens with one attached hydrogen (secondary N) is 1. The zero-order chi connectivity index (χ0) is 10.5. The fraction of sp³-hybridized carbons (Fsp3) is 0.0833. The van der Waals surface area contributed by atoms with E-state index in [2.05, 4.69) is 27.4 Å². The minimum atomic E-state index is 1.00. The van der Waals surface area contributed by atoms with Crippen LogP contribution in [0.5, 0.6) is 0 Å². The Hall–Kier alpha value is -1.61. The molecule has 3 heteroatoms. The van der Waals surface area contributed by atoms with Crippen LogP contribution in [0.2, 0.25) is 0 Å². The van der Waals surface area contributed by atoms with Gasteiger partial charge in [-0.3, -0.25) is 5.43 Å². The third-order valence-corrected chi connectivity index (χ3v) is 2.75. The average Bonchev–Trinajstić information content (AvgIpc) is 2.81. The van der Waals surface area contributed by atoms with E-state index in [1.54, 1.807) is 11.3 Å². The second-order valence-electron chi connectivity index (χ2n) is 3.19. The van der Waals surface area contributed by atoms with Crippen molar-refractivity contribution in [1.29, 1.82) is 0 Å². The van der Waals surface area contributed by atoms with E-state index in [9.17, 15) is 0 Å². The number of para-hydroxylation sites is 1. The van der Waals surface area contributed by atoms with Crippen molar-refractivity contribution in [2.24, 2.45) is 5.10 Å². The molecule has 1 aromatic heterocycles. The third kappa shape index (κ3) is 2.67. The highest BCUT2D eigenvalue weighted by Crippen LogP contribution is 2.09. The average molecular weight is 216 g/mol. The van der Waals surface area contributed by atoms with Gasteiger partial charge in [0.05, 0.1) is 11.4 Å². The SMILES string of the molecule is CC(=NNc1ccccc1)c1ccsc1. The zero-order valence-electron chi connectivity index (χ0n) is 8.47. The fourth-order valence-electron chi connectivity index (χ4n) is 1.20. The number of anilines is 1. The van der Waals surface area contributed by atoms with Gasteiger partial charge in [0.2, 0.25) is 0 Å². The number of benzene rings is 1. The Labute approximate surface area is 93.3 Å². The van der Waals surface area contributed by atoms with Gasteiger partial charge >= 0.3 is 0 Å². The van der Waals surface area contributed by atoms with E-state index in [0.717, 1.165) is 11.4 Å². The van der Waals surface area contributed by atoms with Crippen LogP contribution >= 0.6 is 11.3 Å². The Morgan fingerprint density at radius 1 is 1.20 bits per heavy atom. The molecule has 0 spiro atoms. The number of rotatable bonds is 3. The number of nitrogens with zero attached hydrogens (tertiary/aromatic N) is 1. The Bertz CT molecular complexity index is 432. The lowest BCUT2D eigenvalue weighted by atomic mass is 10.2. The van der Waals surface area contributed by atoms with Crippen molar-refractivity contribution in [2.75, 3.05) is 5.43 Å². The van der Waals surface area contributed by atoms with E-state index in [0.29, 0.717) is 0 Å². The van der Waals surface area contributed by atoms with Crippen molar-refractivity contribution in [3.8, 4) is 0 Å². The number of thiophene rings is 1. The number of hydrogen-bond acceptors (Lipinski definition) is 3. The summed E-state index contributed by atoms with van der Waals surface area (Å²) in [6.07, 6.45) is 0. The summed E-state index contributed by atoms with van der Waals surface area (Å²) >= 11 is 1.68. The monoisotopic (exact) mass is 216 g/mol. The Balaban J connectivity index is 2.06. The topological polar surface area (TPSA) is 24.4 Å². The second kappa shape index (κ2) is 4.75. The third-order valence-electron chi connectivity index (χ3n) is 2.07. The van der Waals surface area contributed by atoms with Gasteiger partial charge in [0.15, 0.2) is 0 Å². The van der Waals surface area contributed by atoms with Gasteiger partial charge in [-0.25, -0.2) is 0 Å². The van der Waals surface area contributed by atoms with Crippen LogP contribution < -0.4 is 5.43 Å². The van der Waals surface area contributed by atoms with Gasteiger partial charge in [0, 0.05) is 5.56 Å². The molecule has 0 aliphatic rings. The van der Waals surface area contributed by atoms with E-state index < -0.39 is 0 Å². The zero-order valence-corrected chi connectivity index (χ0v) is 9.29. The molecule has 1 N–H and O–H groups in total. The molecule has 0 saturated carbocycles. The van der Waals surface area contributed by atoms with Crippen LogP contribution in [0.4, 0.5) is 5.69 Å². The second-order valence-corrected chi connectivity index (χ2v) is 3.97. The van der Waals surface area contributed by atoms with Gasteiger partial charge in [-0.05, 0) is 35.9 Å². The van der Waals surface area contributed by atoms with Gasteiger partial charge in [0.1, 0.15) is 0 Å². The Morgan fingerprint density at radius 2 is 2.00 bits per heavy atom. The molecule has 76 valence electrons. The van der Waals surface area contributed by atoms with Crippen LogP contribution in [-0.4, -0.2) is 5.71 Å². The molecule has 0 amide bonds. The van der Waals surface area contributed by atoms with Crippen molar-refractivity contribution in [1.82, 2.24) is 0 Å². The van der Waals surface area contributed by atoms with E-state index in [1.165, 1.54) is 5.56 Å². The first-order valence-corrected chi connectivity index (χ1v) is 5.68. The van der Waals surface area contributed by atoms with Gasteiger partial charge in [-0.15, -0.1) is 0 Å². The molecule has 0 saturated heterocycles. The summed E-state index contributed by atoms with van der Waals surface area (Å²) in [5.74, 6) is 0. The first-order valence-electron chi connectivity index (χ1n) is 4.74. The molecular formula is C12H12N2S. The van der Waals surface area contributed by atoms with E-state index in [1.807, 2.05) is 37.3 Å². The van der Waals surface area contributed by atoms with Crippen molar-refractivity contribution in [3.63, 3.8) is 0 Å². The van der Waals surface area contributed by atoms with Crippen molar-refractivity contribution < 1.29 is 0 Å². The highest BCUT2D eigenvalue weighted by Gasteiger charge is 1.96. The number of hydrazone groups is 1. The lowest BCUT2D eigenvalue weighted by Gasteiger charge is -2.01. The lowest BCUT2D eigenvalue weighted by Crippen LogP contribution is -1.97. The van der Waals surface area contributed by atoms with Crippen molar-refractivity contribution in [3.05, 3.63) is 52.7 Å². The first-order chi connectivity index (χ1) is 7.36. The van der Waals surface area contributed by atoms with E-state index in [4.69, 9.17) is 0 Å². The molecule has 0 radical (unpaired) electrons. The molecule has 0 aliphatic carbocycles. The molecule has 2 nitrogen and oxygen atoms in total. The maximum atomic E-state index is 4.31. The van der Waals surface area contributed by atoms with Crippen LogP contribution in [0.25, 0.3) is 0 Å². The van der Waals surface area contributed by atoms with Crippen LogP contribution in [0.15, 0.2) is 52.3 Å². The van der Waals surface area contributed by atoms with Crippen LogP contribution in [0, 0.1) is 0 Å². The van der Waals surface area contributed by atoms with Crippen LogP contribution in [0.3, 0.4) is 0 Å². The Morgan fingerprint density at radius 3 is 2.67 bits per heavy atom. The molecule has 0 fully saturated rings. The van der Waals surface area contributed by atoms with Crippen LogP contribution in [-0.2, 0) is 0 Å². The summed E-state index contributed by atoms with van der Waals surface area (Å²) in [5.41, 5.74) is 6.20. The minimum Gasteiger partial charge on any atom is -0.278 e. The molecule has 0 bridgehead atoms. The summed E-state index contributed by atoms with van der Waals surface area (Å²) in [7, 11) is 0. The molecule has 0 aliphatic heterocycles. The molecule has 1 heterocycles. The predicted octanol–water partition coefficient (Wildman–Crippen LogP) is 3.58. The lowest BCUT2D eigenvalue weighted by molar-refractivity contribution is 1.32. The van der Waals surface area contributed by atoms with Crippen molar-refractivity contribution in [2.45, 2.75) is 6.92 Å². The standard InChI is InChI=1S/C12H12N2S/c1-10(11-7-8-15-9-11)13-14-12-5-3-2-4-6-12/h2-9,14H,1H3. The van der Waals surface area contributed by atoms with Crippen LogP contribution in [0.1, 0.15) is 12.5 Å². The summed E-state index contributed by atoms with van der Waals surface area (Å²) in [6, 6.07) is 12.0. The summed E-state index contributed by atoms with van der Waals surface area (Å²) in [6.45, 7) is 2.00. The number of hydrogen-bond donors (Lipinski definition) is 1. The molecule has 2 aromatic rings. The van der Waals surface area contributed by atoms with Gasteiger partial charge in [0.25, 0.3) is 0 Å². The largest absolute Gasteiger partial charge is 0.278 e.